The van der Waals surface area contributed by atoms with Gasteiger partial charge in [0.25, 0.3) is 5.91 Å². The first-order valence-corrected chi connectivity index (χ1v) is 8.75. The minimum Gasteiger partial charge on any atom is -0.332 e. The fraction of sp³-hybridized carbons (Fsp3) is 0.500. The Hall–Kier alpha value is -2.28. The van der Waals surface area contributed by atoms with Crippen molar-refractivity contribution in [3.63, 3.8) is 0 Å². The number of amides is 1. The van der Waals surface area contributed by atoms with Crippen molar-refractivity contribution < 1.29 is 9.18 Å². The SMILES string of the molecule is CC(C)c1nc(C(=O)N2CCCCC2CN)nn1-c1cccc(F)c1. The molecule has 3 rings (SSSR count). The fourth-order valence-electron chi connectivity index (χ4n) is 3.23. The Labute approximate surface area is 146 Å². The largest absolute Gasteiger partial charge is 0.332 e. The molecule has 6 nitrogen and oxygen atoms in total. The molecule has 0 aliphatic carbocycles. The molecule has 1 aliphatic heterocycles. The highest BCUT2D eigenvalue weighted by molar-refractivity contribution is 5.90. The van der Waals surface area contributed by atoms with Crippen LogP contribution in [0.25, 0.3) is 5.69 Å². The molecular weight excluding hydrogens is 321 g/mol. The molecule has 0 radical (unpaired) electrons. The van der Waals surface area contributed by atoms with Crippen LogP contribution in [0.1, 0.15) is 55.5 Å². The summed E-state index contributed by atoms with van der Waals surface area (Å²) < 4.78 is 15.1. The lowest BCUT2D eigenvalue weighted by atomic mass is 10.0. The average Bonchev–Trinajstić information content (AvgIpc) is 3.07. The van der Waals surface area contributed by atoms with Gasteiger partial charge >= 0.3 is 0 Å². The van der Waals surface area contributed by atoms with Crippen LogP contribution in [0.5, 0.6) is 0 Å². The van der Waals surface area contributed by atoms with E-state index in [4.69, 9.17) is 5.73 Å². The van der Waals surface area contributed by atoms with E-state index in [2.05, 4.69) is 10.1 Å². The standard InChI is InChI=1S/C18H24FN5O/c1-12(2)17-21-16(18(25)23-9-4-3-7-15(23)11-20)22-24(17)14-8-5-6-13(19)10-14/h5-6,8,10,12,15H,3-4,7,9,11,20H2,1-2H3. The Balaban J connectivity index is 1.97. The van der Waals surface area contributed by atoms with Crippen LogP contribution in [0, 0.1) is 5.82 Å². The van der Waals surface area contributed by atoms with Crippen molar-refractivity contribution in [1.82, 2.24) is 19.7 Å². The molecule has 25 heavy (non-hydrogen) atoms. The van der Waals surface area contributed by atoms with Crippen LogP contribution in [0.15, 0.2) is 24.3 Å². The maximum Gasteiger partial charge on any atom is 0.293 e. The number of likely N-dealkylation sites (tertiary alicyclic amines) is 1. The third-order valence-corrected chi connectivity index (χ3v) is 4.55. The number of carbonyl (C=O) groups is 1. The molecule has 134 valence electrons. The predicted molar refractivity (Wildman–Crippen MR) is 93.1 cm³/mol. The van der Waals surface area contributed by atoms with Crippen molar-refractivity contribution in [2.45, 2.75) is 45.1 Å². The number of nitrogens with zero attached hydrogens (tertiary/aromatic N) is 4. The number of aromatic nitrogens is 3. The molecule has 2 N–H and O–H groups in total. The molecule has 7 heteroatoms. The van der Waals surface area contributed by atoms with E-state index in [0.717, 1.165) is 19.3 Å². The fourth-order valence-corrected chi connectivity index (χ4v) is 3.23. The molecule has 2 aromatic rings. The Morgan fingerprint density at radius 2 is 2.20 bits per heavy atom. The van der Waals surface area contributed by atoms with E-state index >= 15 is 0 Å². The summed E-state index contributed by atoms with van der Waals surface area (Å²) in [6.07, 6.45) is 2.95. The van der Waals surface area contributed by atoms with Gasteiger partial charge in [0.2, 0.25) is 5.82 Å². The third-order valence-electron chi connectivity index (χ3n) is 4.55. The van der Waals surface area contributed by atoms with Crippen molar-refractivity contribution in [2.24, 2.45) is 5.73 Å². The number of hydrogen-bond acceptors (Lipinski definition) is 4. The van der Waals surface area contributed by atoms with Crippen molar-refractivity contribution in [3.05, 3.63) is 41.7 Å². The summed E-state index contributed by atoms with van der Waals surface area (Å²) in [4.78, 5) is 19.1. The molecule has 0 saturated carbocycles. The van der Waals surface area contributed by atoms with E-state index in [0.29, 0.717) is 24.6 Å². The van der Waals surface area contributed by atoms with E-state index < -0.39 is 0 Å². The van der Waals surface area contributed by atoms with Crippen molar-refractivity contribution >= 4 is 5.91 Å². The smallest absolute Gasteiger partial charge is 0.293 e. The number of rotatable bonds is 4. The molecule has 1 atom stereocenters. The summed E-state index contributed by atoms with van der Waals surface area (Å²) in [7, 11) is 0. The lowest BCUT2D eigenvalue weighted by Gasteiger charge is -2.34. The van der Waals surface area contributed by atoms with Crippen molar-refractivity contribution in [3.8, 4) is 5.69 Å². The molecule has 1 saturated heterocycles. The Bertz CT molecular complexity index is 758. The van der Waals surface area contributed by atoms with E-state index in [1.807, 2.05) is 13.8 Å². The summed E-state index contributed by atoms with van der Waals surface area (Å²) in [6.45, 7) is 5.05. The normalized spacial score (nSPS) is 18.0. The van der Waals surface area contributed by atoms with Gasteiger partial charge in [0.15, 0.2) is 0 Å². The topological polar surface area (TPSA) is 77.0 Å². The van der Waals surface area contributed by atoms with Crippen LogP contribution < -0.4 is 5.73 Å². The summed E-state index contributed by atoms with van der Waals surface area (Å²) in [5, 5.41) is 4.39. The Morgan fingerprint density at radius 3 is 2.88 bits per heavy atom. The summed E-state index contributed by atoms with van der Waals surface area (Å²) in [5.74, 6) is 0.273. The van der Waals surface area contributed by atoms with E-state index in [1.165, 1.54) is 12.1 Å². The number of carbonyl (C=O) groups excluding carboxylic acids is 1. The second kappa shape index (κ2) is 7.31. The van der Waals surface area contributed by atoms with E-state index in [9.17, 15) is 9.18 Å². The monoisotopic (exact) mass is 345 g/mol. The van der Waals surface area contributed by atoms with Gasteiger partial charge in [-0.15, -0.1) is 5.10 Å². The third kappa shape index (κ3) is 3.56. The van der Waals surface area contributed by atoms with Gasteiger partial charge in [-0.05, 0) is 37.5 Å². The van der Waals surface area contributed by atoms with Crippen LogP contribution in [0.2, 0.25) is 0 Å². The average molecular weight is 345 g/mol. The first-order chi connectivity index (χ1) is 12.0. The molecular formula is C18H24FN5O. The highest BCUT2D eigenvalue weighted by Crippen LogP contribution is 2.21. The zero-order valence-electron chi connectivity index (χ0n) is 14.7. The predicted octanol–water partition coefficient (Wildman–Crippen LogP) is 2.48. The zero-order chi connectivity index (χ0) is 18.0. The number of hydrogen-bond donors (Lipinski definition) is 1. The Kier molecular flexibility index (Phi) is 5.13. The van der Waals surface area contributed by atoms with Crippen LogP contribution in [-0.4, -0.2) is 44.7 Å². The van der Waals surface area contributed by atoms with Crippen molar-refractivity contribution in [2.75, 3.05) is 13.1 Å². The van der Waals surface area contributed by atoms with Gasteiger partial charge in [0, 0.05) is 25.0 Å². The molecule has 1 aromatic heterocycles. The Morgan fingerprint density at radius 1 is 1.40 bits per heavy atom. The summed E-state index contributed by atoms with van der Waals surface area (Å²) >= 11 is 0. The quantitative estimate of drug-likeness (QED) is 0.923. The molecule has 0 spiro atoms. The first-order valence-electron chi connectivity index (χ1n) is 8.75. The van der Waals surface area contributed by atoms with Gasteiger partial charge in [0.05, 0.1) is 5.69 Å². The van der Waals surface area contributed by atoms with Crippen LogP contribution in [0.3, 0.4) is 0 Å². The summed E-state index contributed by atoms with van der Waals surface area (Å²) in [6, 6.07) is 6.17. The molecule has 1 amide bonds. The zero-order valence-corrected chi connectivity index (χ0v) is 14.7. The number of nitrogens with two attached hydrogens (primary N) is 1. The number of benzene rings is 1. The van der Waals surface area contributed by atoms with Gasteiger partial charge in [-0.3, -0.25) is 4.79 Å². The second-order valence-electron chi connectivity index (χ2n) is 6.72. The van der Waals surface area contributed by atoms with Crippen molar-refractivity contribution in [1.29, 1.82) is 0 Å². The lowest BCUT2D eigenvalue weighted by Crippen LogP contribution is -2.47. The maximum absolute atomic E-state index is 13.6. The molecule has 1 fully saturated rings. The molecule has 2 heterocycles. The maximum atomic E-state index is 13.6. The van der Waals surface area contributed by atoms with Crippen LogP contribution in [0.4, 0.5) is 4.39 Å². The molecule has 1 unspecified atom stereocenters. The highest BCUT2D eigenvalue weighted by atomic mass is 19.1. The minimum atomic E-state index is -0.352. The molecule has 0 bridgehead atoms. The second-order valence-corrected chi connectivity index (χ2v) is 6.72. The van der Waals surface area contributed by atoms with Gasteiger partial charge in [0.1, 0.15) is 11.6 Å². The van der Waals surface area contributed by atoms with E-state index in [1.54, 1.807) is 21.7 Å². The van der Waals surface area contributed by atoms with Gasteiger partial charge in [-0.25, -0.2) is 14.1 Å². The van der Waals surface area contributed by atoms with E-state index in [-0.39, 0.29) is 29.5 Å². The number of halogens is 1. The first kappa shape index (κ1) is 17.5. The lowest BCUT2D eigenvalue weighted by molar-refractivity contribution is 0.0610. The van der Waals surface area contributed by atoms with Crippen LogP contribution >= 0.6 is 0 Å². The van der Waals surface area contributed by atoms with Gasteiger partial charge < -0.3 is 10.6 Å². The van der Waals surface area contributed by atoms with Gasteiger partial charge in [-0.1, -0.05) is 19.9 Å². The highest BCUT2D eigenvalue weighted by Gasteiger charge is 2.30. The van der Waals surface area contributed by atoms with Gasteiger partial charge in [-0.2, -0.15) is 0 Å². The van der Waals surface area contributed by atoms with Crippen LogP contribution in [-0.2, 0) is 0 Å². The minimum absolute atomic E-state index is 0.0323. The molecule has 1 aromatic carbocycles. The molecule has 1 aliphatic rings. The summed E-state index contributed by atoms with van der Waals surface area (Å²) in [5.41, 5.74) is 6.38. The number of piperidine rings is 1.